The molecule has 1 aromatic carbocycles. The number of nitrogens with zero attached hydrogens (tertiary/aromatic N) is 1. The fourth-order valence-electron chi connectivity index (χ4n) is 2.12. The average molecular weight is 352 g/mol. The van der Waals surface area contributed by atoms with Crippen LogP contribution in [0.5, 0.6) is 0 Å². The lowest BCUT2D eigenvalue weighted by atomic mass is 10.2. The molecule has 0 atom stereocenters. The van der Waals surface area contributed by atoms with Gasteiger partial charge in [0.05, 0.1) is 11.4 Å². The van der Waals surface area contributed by atoms with Crippen molar-refractivity contribution in [2.45, 2.75) is 25.3 Å². The summed E-state index contributed by atoms with van der Waals surface area (Å²) < 4.78 is 26.2. The number of carbonyl (C=O) groups excluding carboxylic acids is 1. The number of sulfonamides is 1. The van der Waals surface area contributed by atoms with Gasteiger partial charge in [-0.15, -0.1) is 11.3 Å². The molecule has 0 aliphatic heterocycles. The van der Waals surface area contributed by atoms with Gasteiger partial charge < -0.3 is 4.90 Å². The number of thiophene rings is 1. The SMILES string of the molecule is CCNS(=O)(=O)c1ccc(C(=O)N(C)Cc2sccc2C)cc1. The van der Waals surface area contributed by atoms with Crippen molar-refractivity contribution >= 4 is 27.3 Å². The van der Waals surface area contributed by atoms with Gasteiger partial charge in [0, 0.05) is 24.0 Å². The second-order valence-electron chi connectivity index (χ2n) is 5.21. The molecule has 23 heavy (non-hydrogen) atoms. The summed E-state index contributed by atoms with van der Waals surface area (Å²) in [6.45, 7) is 4.60. The highest BCUT2D eigenvalue weighted by Crippen LogP contribution is 2.19. The maximum atomic E-state index is 12.4. The van der Waals surface area contributed by atoms with E-state index in [0.29, 0.717) is 18.7 Å². The van der Waals surface area contributed by atoms with Gasteiger partial charge in [-0.2, -0.15) is 0 Å². The lowest BCUT2D eigenvalue weighted by molar-refractivity contribution is 0.0786. The molecular formula is C16H20N2O3S2. The van der Waals surface area contributed by atoms with E-state index in [0.717, 1.165) is 4.88 Å². The van der Waals surface area contributed by atoms with E-state index in [4.69, 9.17) is 0 Å². The topological polar surface area (TPSA) is 66.5 Å². The number of carbonyl (C=O) groups is 1. The van der Waals surface area contributed by atoms with Gasteiger partial charge in [-0.3, -0.25) is 4.79 Å². The minimum atomic E-state index is -3.49. The predicted molar refractivity (Wildman–Crippen MR) is 92.2 cm³/mol. The Morgan fingerprint density at radius 2 is 1.87 bits per heavy atom. The van der Waals surface area contributed by atoms with E-state index in [-0.39, 0.29) is 10.8 Å². The molecule has 1 heterocycles. The Morgan fingerprint density at radius 1 is 1.22 bits per heavy atom. The van der Waals surface area contributed by atoms with E-state index < -0.39 is 10.0 Å². The van der Waals surface area contributed by atoms with Crippen molar-refractivity contribution in [1.82, 2.24) is 9.62 Å². The predicted octanol–water partition coefficient (Wildman–Crippen LogP) is 2.63. The number of benzene rings is 1. The molecule has 0 saturated carbocycles. The number of aryl methyl sites for hydroxylation is 1. The van der Waals surface area contributed by atoms with Crippen LogP contribution in [-0.2, 0) is 16.6 Å². The van der Waals surface area contributed by atoms with Gasteiger partial charge in [0.15, 0.2) is 0 Å². The van der Waals surface area contributed by atoms with Gasteiger partial charge in [0.1, 0.15) is 0 Å². The molecule has 2 aromatic rings. The molecule has 0 fully saturated rings. The first kappa shape index (κ1) is 17.7. The van der Waals surface area contributed by atoms with Crippen LogP contribution in [0.1, 0.15) is 27.7 Å². The molecule has 0 unspecified atom stereocenters. The molecule has 124 valence electrons. The quantitative estimate of drug-likeness (QED) is 0.869. The Morgan fingerprint density at radius 3 is 2.39 bits per heavy atom. The number of amides is 1. The lowest BCUT2D eigenvalue weighted by Gasteiger charge is -2.17. The lowest BCUT2D eigenvalue weighted by Crippen LogP contribution is -2.26. The van der Waals surface area contributed by atoms with Crippen molar-refractivity contribution in [3.8, 4) is 0 Å². The van der Waals surface area contributed by atoms with E-state index in [1.807, 2.05) is 18.4 Å². The molecule has 5 nitrogen and oxygen atoms in total. The molecule has 0 aliphatic rings. The summed E-state index contributed by atoms with van der Waals surface area (Å²) in [6.07, 6.45) is 0. The largest absolute Gasteiger partial charge is 0.337 e. The van der Waals surface area contributed by atoms with E-state index in [9.17, 15) is 13.2 Å². The maximum Gasteiger partial charge on any atom is 0.253 e. The van der Waals surface area contributed by atoms with Gasteiger partial charge in [-0.1, -0.05) is 6.92 Å². The molecule has 7 heteroatoms. The summed E-state index contributed by atoms with van der Waals surface area (Å²) in [5, 5.41) is 2.00. The monoisotopic (exact) mass is 352 g/mol. The fourth-order valence-corrected chi connectivity index (χ4v) is 4.12. The maximum absolute atomic E-state index is 12.4. The summed E-state index contributed by atoms with van der Waals surface area (Å²) in [5.74, 6) is -0.134. The third kappa shape index (κ3) is 4.19. The molecule has 0 radical (unpaired) electrons. The van der Waals surface area contributed by atoms with Crippen molar-refractivity contribution in [2.75, 3.05) is 13.6 Å². The summed E-state index contributed by atoms with van der Waals surface area (Å²) in [4.78, 5) is 15.4. The Kier molecular flexibility index (Phi) is 5.56. The average Bonchev–Trinajstić information content (AvgIpc) is 2.91. The van der Waals surface area contributed by atoms with Crippen LogP contribution in [0.2, 0.25) is 0 Å². The van der Waals surface area contributed by atoms with Crippen LogP contribution in [-0.4, -0.2) is 32.8 Å². The third-order valence-electron chi connectivity index (χ3n) is 3.44. The number of hydrogen-bond acceptors (Lipinski definition) is 4. The van der Waals surface area contributed by atoms with Crippen LogP contribution in [0.15, 0.2) is 40.6 Å². The summed E-state index contributed by atoms with van der Waals surface area (Å²) in [5.41, 5.74) is 1.64. The molecule has 1 amide bonds. The summed E-state index contributed by atoms with van der Waals surface area (Å²) in [7, 11) is -1.75. The van der Waals surface area contributed by atoms with Gasteiger partial charge in [-0.25, -0.2) is 13.1 Å². The number of nitrogens with one attached hydrogen (secondary N) is 1. The van der Waals surface area contributed by atoms with Crippen molar-refractivity contribution in [3.05, 3.63) is 51.7 Å². The Balaban J connectivity index is 2.12. The first-order chi connectivity index (χ1) is 10.8. The Hall–Kier alpha value is -1.70. The van der Waals surface area contributed by atoms with Crippen molar-refractivity contribution in [1.29, 1.82) is 0 Å². The smallest absolute Gasteiger partial charge is 0.253 e. The van der Waals surface area contributed by atoms with Crippen LogP contribution in [0.25, 0.3) is 0 Å². The van der Waals surface area contributed by atoms with Gasteiger partial charge in [0.2, 0.25) is 10.0 Å². The van der Waals surface area contributed by atoms with Crippen molar-refractivity contribution in [3.63, 3.8) is 0 Å². The number of rotatable bonds is 6. The highest BCUT2D eigenvalue weighted by molar-refractivity contribution is 7.89. The molecule has 0 saturated heterocycles. The minimum absolute atomic E-state index is 0.134. The van der Waals surface area contributed by atoms with Crippen molar-refractivity contribution in [2.24, 2.45) is 0 Å². The third-order valence-corrected chi connectivity index (χ3v) is 6.01. The highest BCUT2D eigenvalue weighted by Gasteiger charge is 2.16. The molecule has 0 aliphatic carbocycles. The number of hydrogen-bond donors (Lipinski definition) is 1. The van der Waals surface area contributed by atoms with E-state index in [2.05, 4.69) is 4.72 Å². The molecule has 0 bridgehead atoms. The molecule has 1 aromatic heterocycles. The molecule has 2 rings (SSSR count). The zero-order valence-electron chi connectivity index (χ0n) is 13.4. The second-order valence-corrected chi connectivity index (χ2v) is 7.98. The zero-order chi connectivity index (χ0) is 17.0. The Labute approximate surface area is 141 Å². The summed E-state index contributed by atoms with van der Waals surface area (Å²) >= 11 is 1.62. The minimum Gasteiger partial charge on any atom is -0.337 e. The second kappa shape index (κ2) is 7.25. The summed E-state index contributed by atoms with van der Waals surface area (Å²) in [6, 6.07) is 8.03. The van der Waals surface area contributed by atoms with Crippen molar-refractivity contribution < 1.29 is 13.2 Å². The van der Waals surface area contributed by atoms with Crippen LogP contribution in [0.3, 0.4) is 0 Å². The normalized spacial score (nSPS) is 11.4. The Bertz CT molecular complexity index is 780. The van der Waals surface area contributed by atoms with E-state index >= 15 is 0 Å². The first-order valence-corrected chi connectivity index (χ1v) is 9.59. The zero-order valence-corrected chi connectivity index (χ0v) is 15.0. The van der Waals surface area contributed by atoms with Gasteiger partial charge in [-0.05, 0) is 48.2 Å². The van der Waals surface area contributed by atoms with E-state index in [1.165, 1.54) is 17.7 Å². The van der Waals surface area contributed by atoms with Crippen LogP contribution in [0, 0.1) is 6.92 Å². The molecule has 1 N–H and O–H groups in total. The molecule has 0 spiro atoms. The standard InChI is InChI=1S/C16H20N2O3S2/c1-4-17-23(20,21)14-7-5-13(6-8-14)16(19)18(3)11-15-12(2)9-10-22-15/h5-10,17H,4,11H2,1-3H3. The highest BCUT2D eigenvalue weighted by atomic mass is 32.2. The first-order valence-electron chi connectivity index (χ1n) is 7.23. The van der Waals surface area contributed by atoms with Crippen LogP contribution < -0.4 is 4.72 Å². The van der Waals surface area contributed by atoms with Crippen LogP contribution >= 0.6 is 11.3 Å². The molecular weight excluding hydrogens is 332 g/mol. The van der Waals surface area contributed by atoms with Gasteiger partial charge >= 0.3 is 0 Å². The van der Waals surface area contributed by atoms with Gasteiger partial charge in [0.25, 0.3) is 5.91 Å². The van der Waals surface area contributed by atoms with E-state index in [1.54, 1.807) is 42.3 Å². The fraction of sp³-hybridized carbons (Fsp3) is 0.312. The van der Waals surface area contributed by atoms with Crippen LogP contribution in [0.4, 0.5) is 0 Å².